The number of para-hydroxylation sites is 2. The van der Waals surface area contributed by atoms with Gasteiger partial charge in [0, 0.05) is 13.6 Å². The number of amides is 2. The van der Waals surface area contributed by atoms with Gasteiger partial charge in [0.2, 0.25) is 17.0 Å². The third kappa shape index (κ3) is 5.45. The van der Waals surface area contributed by atoms with Gasteiger partial charge in [0.1, 0.15) is 5.75 Å². The van der Waals surface area contributed by atoms with Crippen molar-refractivity contribution in [2.75, 3.05) is 31.3 Å². The summed E-state index contributed by atoms with van der Waals surface area (Å²) in [4.78, 5) is 26.4. The molecule has 1 aromatic heterocycles. The zero-order valence-electron chi connectivity index (χ0n) is 15.0. The van der Waals surface area contributed by atoms with Gasteiger partial charge in [-0.3, -0.25) is 9.59 Å². The third-order valence-corrected chi connectivity index (χ3v) is 4.46. The summed E-state index contributed by atoms with van der Waals surface area (Å²) < 4.78 is 6.71. The quantitative estimate of drug-likeness (QED) is 0.654. The second-order valence-corrected chi connectivity index (χ2v) is 6.38. The molecule has 1 heterocycles. The SMILES string of the molecule is CCCN(CC(=O)Nc1ccccc1OC)C(=O)CSc1nnnn1C. The summed E-state index contributed by atoms with van der Waals surface area (Å²) in [7, 11) is 3.24. The molecular weight excluding hydrogens is 356 g/mol. The van der Waals surface area contributed by atoms with Crippen LogP contribution in [0.4, 0.5) is 5.69 Å². The molecule has 0 aliphatic rings. The van der Waals surface area contributed by atoms with E-state index in [0.717, 1.165) is 6.42 Å². The lowest BCUT2D eigenvalue weighted by molar-refractivity contribution is -0.132. The van der Waals surface area contributed by atoms with Gasteiger partial charge in [-0.15, -0.1) is 5.10 Å². The average Bonchev–Trinajstić information content (AvgIpc) is 3.04. The number of carbonyl (C=O) groups excluding carboxylic acids is 2. The molecule has 0 aliphatic carbocycles. The van der Waals surface area contributed by atoms with Crippen molar-refractivity contribution in [3.63, 3.8) is 0 Å². The maximum absolute atomic E-state index is 12.5. The predicted molar refractivity (Wildman–Crippen MR) is 98.0 cm³/mol. The van der Waals surface area contributed by atoms with Crippen molar-refractivity contribution in [2.45, 2.75) is 18.5 Å². The van der Waals surface area contributed by atoms with Crippen molar-refractivity contribution in [1.82, 2.24) is 25.1 Å². The van der Waals surface area contributed by atoms with Crippen LogP contribution < -0.4 is 10.1 Å². The molecule has 0 atom stereocenters. The van der Waals surface area contributed by atoms with Crippen molar-refractivity contribution < 1.29 is 14.3 Å². The number of methoxy groups -OCH3 is 1. The van der Waals surface area contributed by atoms with Gasteiger partial charge in [0.05, 0.1) is 25.1 Å². The number of carbonyl (C=O) groups is 2. The van der Waals surface area contributed by atoms with E-state index >= 15 is 0 Å². The molecule has 2 aromatic rings. The number of aromatic nitrogens is 4. The number of ether oxygens (including phenoxy) is 1. The fraction of sp³-hybridized carbons (Fsp3) is 0.438. The normalized spacial score (nSPS) is 10.4. The number of hydrogen-bond acceptors (Lipinski definition) is 7. The summed E-state index contributed by atoms with van der Waals surface area (Å²) in [6.45, 7) is 2.43. The molecule has 26 heavy (non-hydrogen) atoms. The maximum Gasteiger partial charge on any atom is 0.244 e. The Kier molecular flexibility index (Phi) is 7.39. The molecule has 0 unspecified atom stereocenters. The van der Waals surface area contributed by atoms with E-state index in [1.165, 1.54) is 28.5 Å². The minimum atomic E-state index is -0.276. The predicted octanol–water partition coefficient (Wildman–Crippen LogP) is 1.19. The number of thioether (sulfide) groups is 1. The van der Waals surface area contributed by atoms with Crippen molar-refractivity contribution in [3.05, 3.63) is 24.3 Å². The Balaban J connectivity index is 1.94. The highest BCUT2D eigenvalue weighted by Gasteiger charge is 2.18. The molecule has 0 aliphatic heterocycles. The van der Waals surface area contributed by atoms with Crippen molar-refractivity contribution >= 4 is 29.3 Å². The summed E-state index contributed by atoms with van der Waals surface area (Å²) >= 11 is 1.24. The lowest BCUT2D eigenvalue weighted by Gasteiger charge is -2.21. The Bertz CT molecular complexity index is 751. The van der Waals surface area contributed by atoms with E-state index in [4.69, 9.17) is 4.74 Å². The third-order valence-electron chi connectivity index (χ3n) is 3.47. The summed E-state index contributed by atoms with van der Waals surface area (Å²) in [6.07, 6.45) is 0.754. The number of rotatable bonds is 9. The van der Waals surface area contributed by atoms with Crippen LogP contribution in [0.5, 0.6) is 5.75 Å². The van der Waals surface area contributed by atoms with Gasteiger partial charge in [-0.25, -0.2) is 4.68 Å². The summed E-state index contributed by atoms with van der Waals surface area (Å²) in [5.41, 5.74) is 0.573. The van der Waals surface area contributed by atoms with E-state index in [0.29, 0.717) is 23.1 Å². The lowest BCUT2D eigenvalue weighted by atomic mass is 10.3. The molecule has 0 bridgehead atoms. The first-order valence-corrected chi connectivity index (χ1v) is 9.09. The molecule has 140 valence electrons. The van der Waals surface area contributed by atoms with Crippen LogP contribution in [0.25, 0.3) is 0 Å². The van der Waals surface area contributed by atoms with Crippen LogP contribution in [-0.4, -0.2) is 62.9 Å². The Hall–Kier alpha value is -2.62. The lowest BCUT2D eigenvalue weighted by Crippen LogP contribution is -2.39. The van der Waals surface area contributed by atoms with E-state index in [1.807, 2.05) is 13.0 Å². The van der Waals surface area contributed by atoms with Crippen molar-refractivity contribution in [2.24, 2.45) is 7.05 Å². The minimum absolute atomic E-state index is 0.0254. The van der Waals surface area contributed by atoms with Crippen molar-refractivity contribution in [1.29, 1.82) is 0 Å². The van der Waals surface area contributed by atoms with Gasteiger partial charge < -0.3 is 15.0 Å². The number of nitrogens with zero attached hydrogens (tertiary/aromatic N) is 5. The number of aryl methyl sites for hydroxylation is 1. The highest BCUT2D eigenvalue weighted by atomic mass is 32.2. The molecule has 0 spiro atoms. The van der Waals surface area contributed by atoms with E-state index in [9.17, 15) is 9.59 Å². The fourth-order valence-corrected chi connectivity index (χ4v) is 2.99. The summed E-state index contributed by atoms with van der Waals surface area (Å²) in [5.74, 6) is 0.312. The van der Waals surface area contributed by atoms with E-state index in [-0.39, 0.29) is 24.1 Å². The first-order chi connectivity index (χ1) is 12.5. The molecule has 2 rings (SSSR count). The molecule has 0 radical (unpaired) electrons. The molecule has 9 nitrogen and oxygen atoms in total. The van der Waals surface area contributed by atoms with E-state index in [1.54, 1.807) is 25.2 Å². The smallest absolute Gasteiger partial charge is 0.244 e. The Morgan fingerprint density at radius 3 is 2.77 bits per heavy atom. The van der Waals surface area contributed by atoms with Gasteiger partial charge in [0.15, 0.2) is 0 Å². The highest BCUT2D eigenvalue weighted by Crippen LogP contribution is 2.23. The molecule has 0 saturated carbocycles. The largest absolute Gasteiger partial charge is 0.495 e. The molecule has 0 saturated heterocycles. The van der Waals surface area contributed by atoms with Crippen LogP contribution in [0.15, 0.2) is 29.4 Å². The molecule has 10 heteroatoms. The second-order valence-electron chi connectivity index (χ2n) is 5.44. The zero-order chi connectivity index (χ0) is 18.9. The fourth-order valence-electron chi connectivity index (χ4n) is 2.23. The average molecular weight is 378 g/mol. The standard InChI is InChI=1S/C16H22N6O3S/c1-4-9-22(15(24)11-26-16-18-19-20-21(16)2)10-14(23)17-12-7-5-6-8-13(12)25-3/h5-8H,4,9-11H2,1-3H3,(H,17,23). The topological polar surface area (TPSA) is 102 Å². The van der Waals surface area contributed by atoms with Gasteiger partial charge in [0.25, 0.3) is 0 Å². The Labute approximate surface area is 156 Å². The van der Waals surface area contributed by atoms with Gasteiger partial charge >= 0.3 is 0 Å². The molecule has 1 N–H and O–H groups in total. The van der Waals surface area contributed by atoms with Gasteiger partial charge in [-0.1, -0.05) is 30.8 Å². The summed E-state index contributed by atoms with van der Waals surface area (Å²) in [5, 5.41) is 14.4. The van der Waals surface area contributed by atoms with Crippen LogP contribution in [0, 0.1) is 0 Å². The van der Waals surface area contributed by atoms with Crippen molar-refractivity contribution in [3.8, 4) is 5.75 Å². The van der Waals surface area contributed by atoms with E-state index < -0.39 is 0 Å². The molecule has 1 aromatic carbocycles. The Morgan fingerprint density at radius 2 is 2.12 bits per heavy atom. The maximum atomic E-state index is 12.5. The monoisotopic (exact) mass is 378 g/mol. The first kappa shape index (κ1) is 19.7. The Morgan fingerprint density at radius 1 is 1.35 bits per heavy atom. The number of nitrogens with one attached hydrogen (secondary N) is 1. The first-order valence-electron chi connectivity index (χ1n) is 8.11. The number of benzene rings is 1. The second kappa shape index (κ2) is 9.76. The minimum Gasteiger partial charge on any atom is -0.495 e. The van der Waals surface area contributed by atoms with Crippen LogP contribution in [0.3, 0.4) is 0 Å². The number of anilines is 1. The van der Waals surface area contributed by atoms with Crippen LogP contribution in [0.2, 0.25) is 0 Å². The molecular formula is C16H22N6O3S. The summed E-state index contributed by atoms with van der Waals surface area (Å²) in [6, 6.07) is 7.13. The highest BCUT2D eigenvalue weighted by molar-refractivity contribution is 7.99. The van der Waals surface area contributed by atoms with Gasteiger partial charge in [-0.2, -0.15) is 0 Å². The zero-order valence-corrected chi connectivity index (χ0v) is 15.8. The van der Waals surface area contributed by atoms with Crippen LogP contribution in [0.1, 0.15) is 13.3 Å². The van der Waals surface area contributed by atoms with Crippen LogP contribution >= 0.6 is 11.8 Å². The van der Waals surface area contributed by atoms with Crippen LogP contribution in [-0.2, 0) is 16.6 Å². The van der Waals surface area contributed by atoms with Gasteiger partial charge in [-0.05, 0) is 29.0 Å². The number of tetrazole rings is 1. The molecule has 0 fully saturated rings. The molecule has 2 amide bonds. The number of hydrogen-bond donors (Lipinski definition) is 1. The van der Waals surface area contributed by atoms with E-state index in [2.05, 4.69) is 20.8 Å².